The first kappa shape index (κ1) is 13.6. The number of methoxy groups -OCH3 is 1. The monoisotopic (exact) mass is 236 g/mol. The van der Waals surface area contributed by atoms with Gasteiger partial charge in [0.15, 0.2) is 0 Å². The van der Waals surface area contributed by atoms with Crippen molar-refractivity contribution < 1.29 is 14.6 Å². The highest BCUT2D eigenvalue weighted by molar-refractivity contribution is 5.76. The van der Waals surface area contributed by atoms with Crippen LogP contribution in [0.15, 0.2) is 24.3 Å². The molecule has 3 heteroatoms. The van der Waals surface area contributed by atoms with Gasteiger partial charge in [-0.2, -0.15) is 0 Å². The third kappa shape index (κ3) is 2.28. The maximum atomic E-state index is 11.3. The first-order valence-electron chi connectivity index (χ1n) is 5.61. The van der Waals surface area contributed by atoms with Gasteiger partial charge in [0.25, 0.3) is 0 Å². The summed E-state index contributed by atoms with van der Waals surface area (Å²) in [4.78, 5) is 11.3. The third-order valence-corrected chi connectivity index (χ3v) is 3.91. The lowest BCUT2D eigenvalue weighted by Crippen LogP contribution is -2.42. The highest BCUT2D eigenvalue weighted by Crippen LogP contribution is 2.41. The van der Waals surface area contributed by atoms with Gasteiger partial charge in [-0.25, -0.2) is 0 Å². The van der Waals surface area contributed by atoms with Crippen molar-refractivity contribution in [2.75, 3.05) is 7.11 Å². The molecule has 0 unspecified atom stereocenters. The predicted octanol–water partition coefficient (Wildman–Crippen LogP) is 3.08. The quantitative estimate of drug-likeness (QED) is 0.873. The highest BCUT2D eigenvalue weighted by Gasteiger charge is 2.44. The molecule has 1 rings (SSSR count). The van der Waals surface area contributed by atoms with Gasteiger partial charge in [0.1, 0.15) is 5.75 Å². The average Bonchev–Trinajstić information content (AvgIpc) is 2.28. The predicted molar refractivity (Wildman–Crippen MR) is 67.4 cm³/mol. The van der Waals surface area contributed by atoms with E-state index in [0.717, 1.165) is 11.3 Å². The Bertz CT molecular complexity index is 402. The van der Waals surface area contributed by atoms with Crippen LogP contribution < -0.4 is 4.74 Å². The average molecular weight is 236 g/mol. The molecule has 0 fully saturated rings. The molecule has 0 aliphatic carbocycles. The smallest absolute Gasteiger partial charge is 0.309 e. The molecule has 0 spiro atoms. The molecule has 0 heterocycles. The van der Waals surface area contributed by atoms with Crippen LogP contribution in [0.2, 0.25) is 0 Å². The standard InChI is InChI=1S/C14H20O3/c1-13(2,14(3,4)12(15)16)10-6-8-11(17-5)9-7-10/h6-9H,1-5H3,(H,15,16). The Morgan fingerprint density at radius 1 is 1.12 bits per heavy atom. The van der Waals surface area contributed by atoms with Crippen LogP contribution >= 0.6 is 0 Å². The summed E-state index contributed by atoms with van der Waals surface area (Å²) in [6.07, 6.45) is 0. The van der Waals surface area contributed by atoms with Gasteiger partial charge in [0.05, 0.1) is 12.5 Å². The topological polar surface area (TPSA) is 46.5 Å². The molecular weight excluding hydrogens is 216 g/mol. The van der Waals surface area contributed by atoms with E-state index in [1.165, 1.54) is 0 Å². The zero-order valence-electron chi connectivity index (χ0n) is 11.1. The minimum Gasteiger partial charge on any atom is -0.497 e. The first-order chi connectivity index (χ1) is 7.73. The van der Waals surface area contributed by atoms with Crippen molar-refractivity contribution in [1.29, 1.82) is 0 Å². The SMILES string of the molecule is COc1ccc(C(C)(C)C(C)(C)C(=O)O)cc1. The molecule has 1 N–H and O–H groups in total. The van der Waals surface area contributed by atoms with Crippen molar-refractivity contribution in [3.63, 3.8) is 0 Å². The molecule has 0 atom stereocenters. The number of rotatable bonds is 4. The largest absolute Gasteiger partial charge is 0.497 e. The molecule has 3 nitrogen and oxygen atoms in total. The van der Waals surface area contributed by atoms with Crippen LogP contribution in [0.5, 0.6) is 5.75 Å². The lowest BCUT2D eigenvalue weighted by Gasteiger charge is -2.38. The Labute approximate surface area is 102 Å². The second-order valence-corrected chi connectivity index (χ2v) is 5.28. The molecule has 0 aliphatic heterocycles. The first-order valence-corrected chi connectivity index (χ1v) is 5.61. The van der Waals surface area contributed by atoms with E-state index >= 15 is 0 Å². The van der Waals surface area contributed by atoms with Crippen LogP contribution in [0.1, 0.15) is 33.3 Å². The number of carboxylic acids is 1. The van der Waals surface area contributed by atoms with Crippen LogP contribution in [0.4, 0.5) is 0 Å². The fraction of sp³-hybridized carbons (Fsp3) is 0.500. The van der Waals surface area contributed by atoms with E-state index in [9.17, 15) is 9.90 Å². The highest BCUT2D eigenvalue weighted by atomic mass is 16.5. The summed E-state index contributed by atoms with van der Waals surface area (Å²) in [6, 6.07) is 7.55. The van der Waals surface area contributed by atoms with Gasteiger partial charge in [0.2, 0.25) is 0 Å². The zero-order chi connectivity index (χ0) is 13.3. The Hall–Kier alpha value is -1.51. The Balaban J connectivity index is 3.16. The number of hydrogen-bond acceptors (Lipinski definition) is 2. The molecule has 0 amide bonds. The van der Waals surface area contributed by atoms with E-state index < -0.39 is 16.8 Å². The molecule has 0 radical (unpaired) electrons. The second kappa shape index (κ2) is 4.40. The van der Waals surface area contributed by atoms with Crippen molar-refractivity contribution in [3.05, 3.63) is 29.8 Å². The minimum atomic E-state index is -0.832. The molecule has 94 valence electrons. The fourth-order valence-electron chi connectivity index (χ4n) is 1.64. The molecular formula is C14H20O3. The number of benzene rings is 1. The van der Waals surface area contributed by atoms with E-state index in [-0.39, 0.29) is 0 Å². The number of ether oxygens (including phenoxy) is 1. The number of carbonyl (C=O) groups is 1. The maximum absolute atomic E-state index is 11.3. The molecule has 1 aromatic rings. The van der Waals surface area contributed by atoms with Crippen molar-refractivity contribution in [2.24, 2.45) is 5.41 Å². The van der Waals surface area contributed by atoms with Gasteiger partial charge in [-0.15, -0.1) is 0 Å². The summed E-state index contributed by atoms with van der Waals surface area (Å²) >= 11 is 0. The van der Waals surface area contributed by atoms with E-state index in [0.29, 0.717) is 0 Å². The van der Waals surface area contributed by atoms with Gasteiger partial charge >= 0.3 is 5.97 Å². The number of aliphatic carboxylic acids is 1. The zero-order valence-corrected chi connectivity index (χ0v) is 11.1. The molecule has 0 aromatic heterocycles. The van der Waals surface area contributed by atoms with Gasteiger partial charge < -0.3 is 9.84 Å². The van der Waals surface area contributed by atoms with Crippen LogP contribution in [-0.2, 0) is 10.2 Å². The Kier molecular flexibility index (Phi) is 3.51. The summed E-state index contributed by atoms with van der Waals surface area (Å²) < 4.78 is 5.10. The van der Waals surface area contributed by atoms with E-state index in [1.807, 2.05) is 38.1 Å². The summed E-state index contributed by atoms with van der Waals surface area (Å²) in [5.41, 5.74) is -0.294. The molecule has 0 saturated heterocycles. The van der Waals surface area contributed by atoms with Gasteiger partial charge in [0, 0.05) is 5.41 Å². The van der Waals surface area contributed by atoms with Crippen molar-refractivity contribution in [1.82, 2.24) is 0 Å². The summed E-state index contributed by atoms with van der Waals surface area (Å²) in [7, 11) is 1.61. The van der Waals surface area contributed by atoms with E-state index in [2.05, 4.69) is 0 Å². The lowest BCUT2D eigenvalue weighted by atomic mass is 9.64. The van der Waals surface area contributed by atoms with Crippen molar-refractivity contribution in [2.45, 2.75) is 33.1 Å². The fourth-order valence-corrected chi connectivity index (χ4v) is 1.64. The van der Waals surface area contributed by atoms with Crippen LogP contribution in [0.3, 0.4) is 0 Å². The second-order valence-electron chi connectivity index (χ2n) is 5.28. The van der Waals surface area contributed by atoms with Crippen LogP contribution in [-0.4, -0.2) is 18.2 Å². The van der Waals surface area contributed by atoms with E-state index in [4.69, 9.17) is 4.74 Å². The maximum Gasteiger partial charge on any atom is 0.309 e. The molecule has 0 aliphatic rings. The Morgan fingerprint density at radius 3 is 1.94 bits per heavy atom. The number of carboxylic acid groups (broad SMARTS) is 1. The number of hydrogen-bond donors (Lipinski definition) is 1. The van der Waals surface area contributed by atoms with Crippen LogP contribution in [0, 0.1) is 5.41 Å². The van der Waals surface area contributed by atoms with E-state index in [1.54, 1.807) is 21.0 Å². The lowest BCUT2D eigenvalue weighted by molar-refractivity contribution is -0.150. The van der Waals surface area contributed by atoms with Gasteiger partial charge in [-0.3, -0.25) is 4.79 Å². The minimum absolute atomic E-state index is 0.453. The molecule has 0 bridgehead atoms. The molecule has 0 saturated carbocycles. The molecule has 17 heavy (non-hydrogen) atoms. The van der Waals surface area contributed by atoms with Crippen molar-refractivity contribution in [3.8, 4) is 5.75 Å². The Morgan fingerprint density at radius 2 is 1.59 bits per heavy atom. The third-order valence-electron chi connectivity index (χ3n) is 3.91. The summed E-state index contributed by atoms with van der Waals surface area (Å²) in [6.45, 7) is 7.39. The van der Waals surface area contributed by atoms with Crippen molar-refractivity contribution >= 4 is 5.97 Å². The normalized spacial score (nSPS) is 12.3. The summed E-state index contributed by atoms with van der Waals surface area (Å²) in [5, 5.41) is 9.31. The summed E-state index contributed by atoms with van der Waals surface area (Å²) in [5.74, 6) is -0.0176. The van der Waals surface area contributed by atoms with Gasteiger partial charge in [-0.1, -0.05) is 26.0 Å². The van der Waals surface area contributed by atoms with Crippen LogP contribution in [0.25, 0.3) is 0 Å². The molecule has 1 aromatic carbocycles. The van der Waals surface area contributed by atoms with Gasteiger partial charge in [-0.05, 0) is 31.5 Å².